The summed E-state index contributed by atoms with van der Waals surface area (Å²) in [7, 11) is 3.49. The van der Waals surface area contributed by atoms with Crippen molar-refractivity contribution in [1.82, 2.24) is 15.5 Å². The Kier molecular flexibility index (Phi) is 8.61. The summed E-state index contributed by atoms with van der Waals surface area (Å²) in [5.41, 5.74) is 0.583. The van der Waals surface area contributed by atoms with Crippen LogP contribution < -0.4 is 10.6 Å². The molecule has 0 radical (unpaired) electrons. The molecule has 0 aromatic heterocycles. The SMILES string of the molecule is CCNC(=NCC1(c2ccccc2F)CC1)NCCC(=O)N(C)C.I. The van der Waals surface area contributed by atoms with Crippen molar-refractivity contribution < 1.29 is 9.18 Å². The van der Waals surface area contributed by atoms with E-state index in [4.69, 9.17) is 0 Å². The molecule has 0 aliphatic heterocycles. The maximum atomic E-state index is 14.0. The van der Waals surface area contributed by atoms with Gasteiger partial charge in [0.15, 0.2) is 5.96 Å². The quantitative estimate of drug-likeness (QED) is 0.372. The molecule has 7 heteroatoms. The van der Waals surface area contributed by atoms with Gasteiger partial charge in [0.25, 0.3) is 0 Å². The highest BCUT2D eigenvalue weighted by molar-refractivity contribution is 14.0. The lowest BCUT2D eigenvalue weighted by molar-refractivity contribution is -0.128. The highest BCUT2D eigenvalue weighted by Crippen LogP contribution is 2.49. The van der Waals surface area contributed by atoms with E-state index in [1.54, 1.807) is 25.1 Å². The molecule has 5 nitrogen and oxygen atoms in total. The average molecular weight is 462 g/mol. The third kappa shape index (κ3) is 6.13. The van der Waals surface area contributed by atoms with E-state index < -0.39 is 0 Å². The van der Waals surface area contributed by atoms with Crippen LogP contribution in [0.4, 0.5) is 4.39 Å². The number of carbonyl (C=O) groups is 1. The first-order chi connectivity index (χ1) is 11.5. The maximum Gasteiger partial charge on any atom is 0.223 e. The first-order valence-corrected chi connectivity index (χ1v) is 8.46. The second-order valence-corrected chi connectivity index (χ2v) is 6.42. The van der Waals surface area contributed by atoms with Gasteiger partial charge in [-0.2, -0.15) is 0 Å². The molecule has 2 N–H and O–H groups in total. The predicted octanol–water partition coefficient (Wildman–Crippen LogP) is 2.51. The van der Waals surface area contributed by atoms with Crippen LogP contribution in [0.3, 0.4) is 0 Å². The summed E-state index contributed by atoms with van der Waals surface area (Å²) in [5, 5.41) is 6.34. The molecule has 0 heterocycles. The van der Waals surface area contributed by atoms with Gasteiger partial charge in [0.1, 0.15) is 5.82 Å². The Morgan fingerprint density at radius 2 is 1.96 bits per heavy atom. The van der Waals surface area contributed by atoms with E-state index in [1.165, 1.54) is 6.07 Å². The van der Waals surface area contributed by atoms with Crippen LogP contribution in [0.25, 0.3) is 0 Å². The van der Waals surface area contributed by atoms with Crippen LogP contribution in [-0.2, 0) is 10.2 Å². The number of nitrogens with zero attached hydrogens (tertiary/aromatic N) is 2. The third-order valence-electron chi connectivity index (χ3n) is 4.31. The first-order valence-electron chi connectivity index (χ1n) is 8.46. The van der Waals surface area contributed by atoms with Gasteiger partial charge in [0, 0.05) is 39.0 Å². The average Bonchev–Trinajstić information content (AvgIpc) is 3.33. The van der Waals surface area contributed by atoms with Gasteiger partial charge in [-0.15, -0.1) is 24.0 Å². The van der Waals surface area contributed by atoms with Crippen LogP contribution in [0.2, 0.25) is 0 Å². The summed E-state index contributed by atoms with van der Waals surface area (Å²) in [5.74, 6) is 0.592. The van der Waals surface area contributed by atoms with Gasteiger partial charge < -0.3 is 15.5 Å². The summed E-state index contributed by atoms with van der Waals surface area (Å²) >= 11 is 0. The van der Waals surface area contributed by atoms with Crippen LogP contribution in [0.15, 0.2) is 29.3 Å². The minimum atomic E-state index is -0.173. The van der Waals surface area contributed by atoms with E-state index in [0.29, 0.717) is 25.5 Å². The van der Waals surface area contributed by atoms with Crippen LogP contribution in [0, 0.1) is 5.82 Å². The van der Waals surface area contributed by atoms with E-state index >= 15 is 0 Å². The van der Waals surface area contributed by atoms with Crippen molar-refractivity contribution in [3.63, 3.8) is 0 Å². The van der Waals surface area contributed by atoms with Crippen LogP contribution >= 0.6 is 24.0 Å². The lowest BCUT2D eigenvalue weighted by Gasteiger charge is -2.17. The van der Waals surface area contributed by atoms with Gasteiger partial charge in [-0.1, -0.05) is 18.2 Å². The van der Waals surface area contributed by atoms with Crippen LogP contribution in [0.1, 0.15) is 31.7 Å². The van der Waals surface area contributed by atoms with Gasteiger partial charge in [0.2, 0.25) is 5.91 Å². The molecule has 2 rings (SSSR count). The zero-order chi connectivity index (χ0) is 17.6. The van der Waals surface area contributed by atoms with Crippen molar-refractivity contribution in [1.29, 1.82) is 0 Å². The summed E-state index contributed by atoms with van der Waals surface area (Å²) in [6, 6.07) is 6.95. The van der Waals surface area contributed by atoms with Gasteiger partial charge in [0.05, 0.1) is 6.54 Å². The molecule has 1 aromatic carbocycles. The standard InChI is InChI=1S/C18H27FN4O.HI/c1-4-20-17(21-12-9-16(24)23(2)3)22-13-18(10-11-18)14-7-5-6-8-15(14)19;/h5-8H,4,9-13H2,1-3H3,(H2,20,21,22);1H. The molecule has 0 spiro atoms. The monoisotopic (exact) mass is 462 g/mol. The van der Waals surface area contributed by atoms with Gasteiger partial charge in [-0.25, -0.2) is 4.39 Å². The minimum absolute atomic E-state index is 0. The number of halogens is 2. The summed E-state index contributed by atoms with van der Waals surface area (Å²) < 4.78 is 14.0. The third-order valence-corrected chi connectivity index (χ3v) is 4.31. The Bertz CT molecular complexity index is 602. The first kappa shape index (κ1) is 21.7. The fraction of sp³-hybridized carbons (Fsp3) is 0.556. The van der Waals surface area contributed by atoms with Crippen LogP contribution in [0.5, 0.6) is 0 Å². The fourth-order valence-electron chi connectivity index (χ4n) is 2.64. The number of guanidine groups is 1. The van der Waals surface area contributed by atoms with E-state index in [0.717, 1.165) is 24.9 Å². The van der Waals surface area contributed by atoms with E-state index in [-0.39, 0.29) is 41.1 Å². The molecule has 1 aromatic rings. The van der Waals surface area contributed by atoms with Gasteiger partial charge >= 0.3 is 0 Å². The summed E-state index contributed by atoms with van der Waals surface area (Å²) in [4.78, 5) is 17.8. The van der Waals surface area contributed by atoms with Crippen molar-refractivity contribution >= 4 is 35.8 Å². The molecule has 0 saturated heterocycles. The number of hydrogen-bond acceptors (Lipinski definition) is 2. The number of nitrogens with one attached hydrogen (secondary N) is 2. The fourth-order valence-corrected chi connectivity index (χ4v) is 2.64. The molecule has 1 amide bonds. The number of benzene rings is 1. The second-order valence-electron chi connectivity index (χ2n) is 6.42. The predicted molar refractivity (Wildman–Crippen MR) is 110 cm³/mol. The molecule has 0 bridgehead atoms. The summed E-state index contributed by atoms with van der Waals surface area (Å²) in [6.07, 6.45) is 2.32. The zero-order valence-electron chi connectivity index (χ0n) is 15.1. The Labute approximate surface area is 166 Å². The van der Waals surface area contributed by atoms with Crippen molar-refractivity contribution in [2.24, 2.45) is 4.99 Å². The Hall–Kier alpha value is -1.38. The van der Waals surface area contributed by atoms with Gasteiger partial charge in [-0.05, 0) is 31.4 Å². The number of carbonyl (C=O) groups excluding carboxylic acids is 1. The number of amides is 1. The Balaban J connectivity index is 0.00000312. The molecule has 1 saturated carbocycles. The molecule has 0 unspecified atom stereocenters. The Morgan fingerprint density at radius 1 is 1.28 bits per heavy atom. The molecular formula is C18H28FIN4O. The molecule has 0 atom stereocenters. The topological polar surface area (TPSA) is 56.7 Å². The molecular weight excluding hydrogens is 434 g/mol. The lowest BCUT2D eigenvalue weighted by atomic mass is 9.95. The molecule has 1 aliphatic rings. The molecule has 1 aliphatic carbocycles. The minimum Gasteiger partial charge on any atom is -0.357 e. The highest BCUT2D eigenvalue weighted by Gasteiger charge is 2.45. The highest BCUT2D eigenvalue weighted by atomic mass is 127. The Morgan fingerprint density at radius 3 is 2.52 bits per heavy atom. The normalized spacial score (nSPS) is 15.1. The van der Waals surface area contributed by atoms with E-state index in [1.807, 2.05) is 19.1 Å². The van der Waals surface area contributed by atoms with E-state index in [9.17, 15) is 9.18 Å². The smallest absolute Gasteiger partial charge is 0.223 e. The van der Waals surface area contributed by atoms with Gasteiger partial charge in [-0.3, -0.25) is 9.79 Å². The van der Waals surface area contributed by atoms with Crippen molar-refractivity contribution in [3.8, 4) is 0 Å². The lowest BCUT2D eigenvalue weighted by Crippen LogP contribution is -2.39. The molecule has 140 valence electrons. The van der Waals surface area contributed by atoms with Crippen molar-refractivity contribution in [2.45, 2.75) is 31.6 Å². The number of hydrogen-bond donors (Lipinski definition) is 2. The maximum absolute atomic E-state index is 14.0. The number of rotatable bonds is 7. The van der Waals surface area contributed by atoms with Crippen LogP contribution in [-0.4, -0.2) is 50.5 Å². The van der Waals surface area contributed by atoms with Crippen molar-refractivity contribution in [2.75, 3.05) is 33.7 Å². The molecule has 1 fully saturated rings. The molecule has 25 heavy (non-hydrogen) atoms. The van der Waals surface area contributed by atoms with Crippen molar-refractivity contribution in [3.05, 3.63) is 35.6 Å². The largest absolute Gasteiger partial charge is 0.357 e. The van der Waals surface area contributed by atoms with E-state index in [2.05, 4.69) is 15.6 Å². The zero-order valence-corrected chi connectivity index (χ0v) is 17.5. The number of aliphatic imine (C=N–C) groups is 1. The summed E-state index contributed by atoms with van der Waals surface area (Å²) in [6.45, 7) is 3.80. The second kappa shape index (κ2) is 9.94.